The van der Waals surface area contributed by atoms with Gasteiger partial charge in [-0.25, -0.2) is 4.98 Å². The van der Waals surface area contributed by atoms with Crippen molar-refractivity contribution in [1.29, 1.82) is 0 Å². The van der Waals surface area contributed by atoms with Crippen molar-refractivity contribution in [2.24, 2.45) is 0 Å². The number of ether oxygens (including phenoxy) is 2. The van der Waals surface area contributed by atoms with Crippen molar-refractivity contribution in [2.75, 3.05) is 12.8 Å². The second-order valence-electron chi connectivity index (χ2n) is 3.70. The summed E-state index contributed by atoms with van der Waals surface area (Å²) < 4.78 is 11.4. The molecule has 0 aliphatic carbocycles. The molecule has 1 aromatic heterocycles. The van der Waals surface area contributed by atoms with Gasteiger partial charge in [-0.15, -0.1) is 0 Å². The van der Waals surface area contributed by atoms with E-state index in [0.717, 1.165) is 0 Å². The quantitative estimate of drug-likeness (QED) is 0.597. The molecule has 0 spiro atoms. The third-order valence-corrected chi connectivity index (χ3v) is 3.57. The molecule has 1 heterocycles. The third kappa shape index (κ3) is 3.22. The first-order chi connectivity index (χ1) is 9.93. The van der Waals surface area contributed by atoms with Gasteiger partial charge in [-0.1, -0.05) is 0 Å². The van der Waals surface area contributed by atoms with Crippen molar-refractivity contribution in [3.63, 3.8) is 0 Å². The highest BCUT2D eigenvalue weighted by Crippen LogP contribution is 2.41. The van der Waals surface area contributed by atoms with Gasteiger partial charge in [0.05, 0.1) is 21.0 Å². The van der Waals surface area contributed by atoms with Crippen molar-refractivity contribution in [1.82, 2.24) is 9.97 Å². The minimum atomic E-state index is -0.511. The Morgan fingerprint density at radius 1 is 1.24 bits per heavy atom. The Balaban J connectivity index is 2.45. The Kier molecular flexibility index (Phi) is 4.58. The van der Waals surface area contributed by atoms with E-state index in [9.17, 15) is 10.1 Å². The second kappa shape index (κ2) is 6.22. The Labute approximate surface area is 135 Å². The van der Waals surface area contributed by atoms with Crippen LogP contribution in [0.25, 0.3) is 0 Å². The summed E-state index contributed by atoms with van der Waals surface area (Å²) in [5.74, 6) is 0.698. The number of hydrogen-bond donors (Lipinski definition) is 1. The number of nitrogens with two attached hydrogens (primary N) is 1. The molecule has 0 aliphatic heterocycles. The van der Waals surface area contributed by atoms with Gasteiger partial charge in [0.1, 0.15) is 6.33 Å². The fourth-order valence-corrected chi connectivity index (χ4v) is 2.81. The summed E-state index contributed by atoms with van der Waals surface area (Å²) in [7, 11) is 1.40. The van der Waals surface area contributed by atoms with Crippen molar-refractivity contribution in [3.05, 3.63) is 37.5 Å². The van der Waals surface area contributed by atoms with Crippen molar-refractivity contribution in [2.45, 2.75) is 0 Å². The molecule has 1 aromatic carbocycles. The number of nitro groups is 1. The lowest BCUT2D eigenvalue weighted by atomic mass is 10.3. The maximum Gasteiger partial charge on any atom is 0.271 e. The fraction of sp³-hybridized carbons (Fsp3) is 0.0909. The topological polar surface area (TPSA) is 113 Å². The highest BCUT2D eigenvalue weighted by molar-refractivity contribution is 9.11. The lowest BCUT2D eigenvalue weighted by molar-refractivity contribution is -0.385. The van der Waals surface area contributed by atoms with Crippen LogP contribution in [0, 0.1) is 10.1 Å². The number of nitrogens with zero attached hydrogens (tertiary/aromatic N) is 3. The average molecular weight is 420 g/mol. The third-order valence-electron chi connectivity index (χ3n) is 2.40. The fourth-order valence-electron chi connectivity index (χ4n) is 1.48. The summed E-state index contributed by atoms with van der Waals surface area (Å²) in [5, 5.41) is 10.8. The zero-order chi connectivity index (χ0) is 15.6. The van der Waals surface area contributed by atoms with Crippen LogP contribution < -0.4 is 15.2 Å². The molecule has 8 nitrogen and oxygen atoms in total. The van der Waals surface area contributed by atoms with Crippen LogP contribution in [0.3, 0.4) is 0 Å². The van der Waals surface area contributed by atoms with Gasteiger partial charge in [0.2, 0.25) is 5.75 Å². The van der Waals surface area contributed by atoms with Gasteiger partial charge in [-0.2, -0.15) is 4.98 Å². The number of non-ortho nitro benzene ring substituents is 1. The summed E-state index contributed by atoms with van der Waals surface area (Å²) in [6, 6.07) is 2.63. The van der Waals surface area contributed by atoms with Crippen LogP contribution in [0.2, 0.25) is 0 Å². The molecule has 2 rings (SSSR count). The zero-order valence-corrected chi connectivity index (χ0v) is 13.7. The van der Waals surface area contributed by atoms with E-state index >= 15 is 0 Å². The Morgan fingerprint density at radius 3 is 2.38 bits per heavy atom. The van der Waals surface area contributed by atoms with E-state index in [-0.39, 0.29) is 23.1 Å². The lowest BCUT2D eigenvalue weighted by Gasteiger charge is -2.12. The van der Waals surface area contributed by atoms with Crippen LogP contribution in [0.4, 0.5) is 11.5 Å². The molecule has 0 aliphatic rings. The number of halogens is 2. The second-order valence-corrected chi connectivity index (χ2v) is 5.40. The zero-order valence-electron chi connectivity index (χ0n) is 10.5. The number of anilines is 1. The van der Waals surface area contributed by atoms with Crippen molar-refractivity contribution >= 4 is 43.4 Å². The molecular weight excluding hydrogens is 412 g/mol. The standard InChI is InChI=1S/C11H8Br2N4O4/c1-20-9-10(14)15-4-16-11(9)21-8-6(12)2-5(17(18)19)3-7(8)13/h2-4H,1H3,(H2,14,15,16). The molecule has 2 aromatic rings. The van der Waals surface area contributed by atoms with E-state index in [1.54, 1.807) is 0 Å². The van der Waals surface area contributed by atoms with Crippen molar-refractivity contribution in [3.8, 4) is 17.4 Å². The maximum absolute atomic E-state index is 10.8. The summed E-state index contributed by atoms with van der Waals surface area (Å²) in [6.07, 6.45) is 1.22. The Bertz CT molecular complexity index is 688. The Morgan fingerprint density at radius 2 is 1.86 bits per heavy atom. The number of nitro benzene ring substituents is 1. The largest absolute Gasteiger partial charge is 0.489 e. The van der Waals surface area contributed by atoms with E-state index < -0.39 is 4.92 Å². The van der Waals surface area contributed by atoms with Crippen LogP contribution in [0.15, 0.2) is 27.4 Å². The van der Waals surface area contributed by atoms with Crippen molar-refractivity contribution < 1.29 is 14.4 Å². The first-order valence-corrected chi connectivity index (χ1v) is 6.98. The van der Waals surface area contributed by atoms with E-state index in [2.05, 4.69) is 41.8 Å². The van der Waals surface area contributed by atoms with E-state index in [1.165, 1.54) is 25.6 Å². The lowest BCUT2D eigenvalue weighted by Crippen LogP contribution is -2.01. The van der Waals surface area contributed by atoms with Gasteiger partial charge in [-0.05, 0) is 31.9 Å². The molecule has 10 heteroatoms. The van der Waals surface area contributed by atoms with Gasteiger partial charge in [0.15, 0.2) is 11.6 Å². The van der Waals surface area contributed by atoms with Crippen LogP contribution in [0.5, 0.6) is 17.4 Å². The molecule has 0 unspecified atom stereocenters. The number of hydrogen-bond acceptors (Lipinski definition) is 7. The number of benzene rings is 1. The average Bonchev–Trinajstić information content (AvgIpc) is 2.42. The minimum absolute atomic E-state index is 0.0877. The van der Waals surface area contributed by atoms with Gasteiger partial charge in [0.25, 0.3) is 11.6 Å². The van der Waals surface area contributed by atoms with Gasteiger partial charge in [0, 0.05) is 12.1 Å². The molecule has 21 heavy (non-hydrogen) atoms. The summed E-state index contributed by atoms with van der Waals surface area (Å²) in [5.41, 5.74) is 5.57. The highest BCUT2D eigenvalue weighted by Gasteiger charge is 2.19. The van der Waals surface area contributed by atoms with Crippen LogP contribution in [0.1, 0.15) is 0 Å². The molecule has 0 saturated heterocycles. The van der Waals surface area contributed by atoms with E-state index in [4.69, 9.17) is 15.2 Å². The SMILES string of the molecule is COc1c(N)ncnc1Oc1c(Br)cc([N+](=O)[O-])cc1Br. The van der Waals surface area contributed by atoms with E-state index in [0.29, 0.717) is 14.7 Å². The first kappa shape index (κ1) is 15.4. The highest BCUT2D eigenvalue weighted by atomic mass is 79.9. The molecule has 0 saturated carbocycles. The number of rotatable bonds is 4. The molecule has 2 N–H and O–H groups in total. The van der Waals surface area contributed by atoms with Crippen LogP contribution in [-0.4, -0.2) is 22.0 Å². The molecule has 0 bridgehead atoms. The molecule has 0 radical (unpaired) electrons. The summed E-state index contributed by atoms with van der Waals surface area (Å²) in [4.78, 5) is 18.0. The van der Waals surface area contributed by atoms with E-state index in [1.807, 2.05) is 0 Å². The molecule has 0 atom stereocenters. The number of nitrogen functional groups attached to an aromatic ring is 1. The number of aromatic nitrogens is 2. The van der Waals surface area contributed by atoms with Gasteiger partial charge >= 0.3 is 0 Å². The van der Waals surface area contributed by atoms with Gasteiger partial charge in [-0.3, -0.25) is 10.1 Å². The normalized spacial score (nSPS) is 10.2. The van der Waals surface area contributed by atoms with Crippen LogP contribution in [-0.2, 0) is 0 Å². The molecular formula is C11H8Br2N4O4. The predicted octanol–water partition coefficient (Wildman–Crippen LogP) is 3.29. The molecule has 110 valence electrons. The van der Waals surface area contributed by atoms with Gasteiger partial charge < -0.3 is 15.2 Å². The monoisotopic (exact) mass is 418 g/mol. The summed E-state index contributed by atoms with van der Waals surface area (Å²) >= 11 is 6.43. The molecule has 0 fully saturated rings. The predicted molar refractivity (Wildman–Crippen MR) is 81.6 cm³/mol. The van der Waals surface area contributed by atoms with Crippen LogP contribution >= 0.6 is 31.9 Å². The minimum Gasteiger partial charge on any atom is -0.489 e. The summed E-state index contributed by atoms with van der Waals surface area (Å²) in [6.45, 7) is 0. The Hall–Kier alpha value is -1.94. The number of methoxy groups -OCH3 is 1. The smallest absolute Gasteiger partial charge is 0.271 e. The maximum atomic E-state index is 10.8. The first-order valence-electron chi connectivity index (χ1n) is 5.39. The molecule has 0 amide bonds.